The highest BCUT2D eigenvalue weighted by molar-refractivity contribution is 6.30. The van der Waals surface area contributed by atoms with Gasteiger partial charge >= 0.3 is 5.97 Å². The van der Waals surface area contributed by atoms with E-state index in [1.165, 1.54) is 0 Å². The van der Waals surface area contributed by atoms with Crippen molar-refractivity contribution in [3.8, 4) is 29.1 Å². The summed E-state index contributed by atoms with van der Waals surface area (Å²) in [6, 6.07) is 27.7. The number of carbonyl (C=O) groups excluding carboxylic acids is 1. The van der Waals surface area contributed by atoms with Gasteiger partial charge in [0.2, 0.25) is 5.88 Å². The lowest BCUT2D eigenvalue weighted by Crippen LogP contribution is -2.21. The van der Waals surface area contributed by atoms with Gasteiger partial charge in [-0.3, -0.25) is 0 Å². The van der Waals surface area contributed by atoms with E-state index in [1.54, 1.807) is 18.2 Å². The summed E-state index contributed by atoms with van der Waals surface area (Å²) in [4.78, 5) is 12.5. The van der Waals surface area contributed by atoms with Gasteiger partial charge in [0.05, 0.1) is 5.92 Å². The molecule has 206 valence electrons. The minimum Gasteiger partial charge on any atom is -0.489 e. The molecule has 7 nitrogen and oxygen atoms in total. The number of esters is 1. The van der Waals surface area contributed by atoms with Crippen LogP contribution in [0.2, 0.25) is 5.02 Å². The fraction of sp³-hybridized carbons (Fsp3) is 0.152. The maximum absolute atomic E-state index is 12.5. The van der Waals surface area contributed by atoms with Crippen molar-refractivity contribution < 1.29 is 23.7 Å². The van der Waals surface area contributed by atoms with Gasteiger partial charge in [0.15, 0.2) is 6.61 Å². The van der Waals surface area contributed by atoms with Gasteiger partial charge in [-0.1, -0.05) is 48.0 Å². The molecule has 2 N–H and O–H groups in total. The fourth-order valence-corrected chi connectivity index (χ4v) is 4.58. The molecule has 4 aromatic carbocycles. The number of halogens is 1. The van der Waals surface area contributed by atoms with Crippen LogP contribution in [0.1, 0.15) is 33.7 Å². The predicted octanol–water partition coefficient (Wildman–Crippen LogP) is 6.74. The average Bonchev–Trinajstić information content (AvgIpc) is 2.97. The van der Waals surface area contributed by atoms with Gasteiger partial charge in [-0.2, -0.15) is 5.26 Å². The monoisotopic (exact) mass is 566 g/mol. The normalized spacial score (nSPS) is 14.0. The van der Waals surface area contributed by atoms with Crippen molar-refractivity contribution in [2.75, 3.05) is 6.61 Å². The van der Waals surface area contributed by atoms with Crippen molar-refractivity contribution in [1.29, 1.82) is 5.26 Å². The Kier molecular flexibility index (Phi) is 8.14. The first-order chi connectivity index (χ1) is 19.8. The minimum absolute atomic E-state index is 0.00499. The molecule has 1 atom stereocenters. The van der Waals surface area contributed by atoms with Gasteiger partial charge in [0.1, 0.15) is 41.2 Å². The number of rotatable bonds is 8. The molecule has 1 aliphatic rings. The topological polar surface area (TPSA) is 104 Å². The fourth-order valence-electron chi connectivity index (χ4n) is 4.45. The first kappa shape index (κ1) is 27.6. The highest BCUT2D eigenvalue weighted by atomic mass is 35.5. The second kappa shape index (κ2) is 12.1. The van der Waals surface area contributed by atoms with Crippen LogP contribution in [0, 0.1) is 25.2 Å². The lowest BCUT2D eigenvalue weighted by atomic mass is 9.83. The van der Waals surface area contributed by atoms with E-state index < -0.39 is 11.9 Å². The molecule has 0 bridgehead atoms. The predicted molar refractivity (Wildman–Crippen MR) is 155 cm³/mol. The molecule has 0 saturated carbocycles. The first-order valence-electron chi connectivity index (χ1n) is 12.9. The largest absolute Gasteiger partial charge is 0.489 e. The molecule has 0 aliphatic carbocycles. The molecule has 0 fully saturated rings. The third-order valence-electron chi connectivity index (χ3n) is 6.79. The Morgan fingerprint density at radius 1 is 0.902 bits per heavy atom. The third kappa shape index (κ3) is 6.46. The number of nitriles is 1. The molecule has 1 aliphatic heterocycles. The van der Waals surface area contributed by atoms with Crippen molar-refractivity contribution in [2.24, 2.45) is 5.73 Å². The highest BCUT2D eigenvalue weighted by Crippen LogP contribution is 2.43. The molecule has 8 heteroatoms. The second-order valence-electron chi connectivity index (χ2n) is 9.62. The van der Waals surface area contributed by atoms with Crippen LogP contribution in [0.5, 0.6) is 23.0 Å². The number of aryl methyl sites for hydroxylation is 2. The molecule has 0 radical (unpaired) electrons. The Morgan fingerprint density at radius 3 is 2.32 bits per heavy atom. The van der Waals surface area contributed by atoms with Crippen molar-refractivity contribution >= 4 is 17.6 Å². The Bertz CT molecular complexity index is 1660. The SMILES string of the molecule is Cc1ccc(OCC(=O)Oc2ccc3c(c2)OC(N)=C(C#N)C3c2ccc(OCc3ccc(Cl)cc3)cc2)cc1C. The van der Waals surface area contributed by atoms with Gasteiger partial charge in [-0.25, -0.2) is 4.79 Å². The molecule has 4 aromatic rings. The summed E-state index contributed by atoms with van der Waals surface area (Å²) >= 11 is 5.95. The third-order valence-corrected chi connectivity index (χ3v) is 7.04. The number of hydrogen-bond donors (Lipinski definition) is 1. The zero-order chi connectivity index (χ0) is 28.9. The molecule has 0 saturated heterocycles. The average molecular weight is 567 g/mol. The quantitative estimate of drug-likeness (QED) is 0.186. The highest BCUT2D eigenvalue weighted by Gasteiger charge is 2.31. The first-order valence-corrected chi connectivity index (χ1v) is 13.3. The van der Waals surface area contributed by atoms with E-state index in [-0.39, 0.29) is 18.2 Å². The maximum atomic E-state index is 12.5. The van der Waals surface area contributed by atoms with Crippen LogP contribution in [-0.2, 0) is 11.4 Å². The smallest absolute Gasteiger partial charge is 0.349 e. The molecular formula is C33H27ClN2O5. The standard InChI is InChI=1S/C33H27ClN2O5/c1-20-3-10-26(15-21(20)2)39-19-31(37)40-27-13-14-28-30(16-27)41-33(36)29(17-35)32(28)23-6-11-25(12-7-23)38-18-22-4-8-24(34)9-5-22/h3-16,32H,18-19,36H2,1-2H3. The van der Waals surface area contributed by atoms with Crippen LogP contribution < -0.4 is 24.7 Å². The minimum atomic E-state index is -0.564. The number of nitrogens with zero attached hydrogens (tertiary/aromatic N) is 1. The van der Waals surface area contributed by atoms with Crippen molar-refractivity contribution in [3.05, 3.63) is 129 Å². The Labute approximate surface area is 243 Å². The van der Waals surface area contributed by atoms with E-state index in [1.807, 2.05) is 80.6 Å². The Balaban J connectivity index is 1.29. The zero-order valence-corrected chi connectivity index (χ0v) is 23.3. The van der Waals surface area contributed by atoms with E-state index in [4.69, 9.17) is 36.3 Å². The van der Waals surface area contributed by atoms with Crippen LogP contribution in [-0.4, -0.2) is 12.6 Å². The number of carbonyl (C=O) groups is 1. The molecule has 0 amide bonds. The van der Waals surface area contributed by atoms with E-state index >= 15 is 0 Å². The van der Waals surface area contributed by atoms with E-state index in [0.29, 0.717) is 34.5 Å². The van der Waals surface area contributed by atoms with Gasteiger partial charge in [0, 0.05) is 16.7 Å². The molecule has 41 heavy (non-hydrogen) atoms. The Hall–Kier alpha value is -4.93. The molecule has 5 rings (SSSR count). The van der Waals surface area contributed by atoms with E-state index in [2.05, 4.69) is 6.07 Å². The lowest BCUT2D eigenvalue weighted by Gasteiger charge is -2.26. The summed E-state index contributed by atoms with van der Waals surface area (Å²) in [5, 5.41) is 10.5. The number of hydrogen-bond acceptors (Lipinski definition) is 7. The number of allylic oxidation sites excluding steroid dienone is 1. The number of fused-ring (bicyclic) bond motifs is 1. The molecular weight excluding hydrogens is 540 g/mol. The summed E-state index contributed by atoms with van der Waals surface area (Å²) in [5.41, 5.74) is 11.2. The second-order valence-corrected chi connectivity index (χ2v) is 10.1. The Morgan fingerprint density at radius 2 is 1.61 bits per heavy atom. The summed E-state index contributed by atoms with van der Waals surface area (Å²) < 4.78 is 22.7. The van der Waals surface area contributed by atoms with Gasteiger partial charge in [0.25, 0.3) is 0 Å². The van der Waals surface area contributed by atoms with Crippen LogP contribution in [0.15, 0.2) is 96.4 Å². The lowest BCUT2D eigenvalue weighted by molar-refractivity contribution is -0.136. The maximum Gasteiger partial charge on any atom is 0.349 e. The summed E-state index contributed by atoms with van der Waals surface area (Å²) in [5.74, 6) is 0.902. The summed E-state index contributed by atoms with van der Waals surface area (Å²) in [6.07, 6.45) is 0. The summed E-state index contributed by atoms with van der Waals surface area (Å²) in [6.45, 7) is 4.12. The summed E-state index contributed by atoms with van der Waals surface area (Å²) in [7, 11) is 0. The number of ether oxygens (including phenoxy) is 4. The van der Waals surface area contributed by atoms with Crippen LogP contribution in [0.4, 0.5) is 0 Å². The van der Waals surface area contributed by atoms with Gasteiger partial charge < -0.3 is 24.7 Å². The number of nitrogens with two attached hydrogens (primary N) is 1. The van der Waals surface area contributed by atoms with Gasteiger partial charge in [-0.15, -0.1) is 0 Å². The van der Waals surface area contributed by atoms with Crippen molar-refractivity contribution in [3.63, 3.8) is 0 Å². The van der Waals surface area contributed by atoms with Crippen LogP contribution >= 0.6 is 11.6 Å². The van der Waals surface area contributed by atoms with Crippen molar-refractivity contribution in [2.45, 2.75) is 26.4 Å². The van der Waals surface area contributed by atoms with Crippen LogP contribution in [0.25, 0.3) is 0 Å². The zero-order valence-electron chi connectivity index (χ0n) is 22.5. The molecule has 1 unspecified atom stereocenters. The van der Waals surface area contributed by atoms with E-state index in [9.17, 15) is 10.1 Å². The molecule has 0 spiro atoms. The van der Waals surface area contributed by atoms with Crippen molar-refractivity contribution in [1.82, 2.24) is 0 Å². The molecule has 1 heterocycles. The van der Waals surface area contributed by atoms with E-state index in [0.717, 1.165) is 27.8 Å². The van der Waals surface area contributed by atoms with Gasteiger partial charge in [-0.05, 0) is 78.6 Å². The number of benzene rings is 4. The molecule has 0 aromatic heterocycles. The van der Waals surface area contributed by atoms with Crippen LogP contribution in [0.3, 0.4) is 0 Å².